The molecule has 13 nitrogen and oxygen atoms in total. The summed E-state index contributed by atoms with van der Waals surface area (Å²) in [7, 11) is 0. The maximum atomic E-state index is 12.8. The SMILES string of the molecule is CC[C@H](C)[C@H](NC(=O)[C@@H](NC(=O)[C@H](CCC(=O)O)NC(=O)[C@@H](N)CC(=O)O)C(C)C)C(=O)O. The topological polar surface area (TPSA) is 225 Å². The Morgan fingerprint density at radius 1 is 0.788 bits per heavy atom. The lowest BCUT2D eigenvalue weighted by atomic mass is 9.97. The second-order valence-corrected chi connectivity index (χ2v) is 8.14. The van der Waals surface area contributed by atoms with Crippen molar-refractivity contribution in [2.75, 3.05) is 0 Å². The quantitative estimate of drug-likeness (QED) is 0.151. The van der Waals surface area contributed by atoms with Crippen LogP contribution >= 0.6 is 0 Å². The largest absolute Gasteiger partial charge is 0.481 e. The number of nitrogens with one attached hydrogen (secondary N) is 3. The number of carboxylic acids is 3. The smallest absolute Gasteiger partial charge is 0.326 e. The monoisotopic (exact) mass is 474 g/mol. The molecule has 0 saturated heterocycles. The first-order valence-electron chi connectivity index (χ1n) is 10.5. The van der Waals surface area contributed by atoms with E-state index in [4.69, 9.17) is 15.9 Å². The number of carboxylic acid groups (broad SMARTS) is 3. The summed E-state index contributed by atoms with van der Waals surface area (Å²) in [4.78, 5) is 70.9. The van der Waals surface area contributed by atoms with Gasteiger partial charge in [-0.2, -0.15) is 0 Å². The molecule has 0 aliphatic carbocycles. The van der Waals surface area contributed by atoms with Crippen LogP contribution in [0.4, 0.5) is 0 Å². The zero-order chi connectivity index (χ0) is 25.9. The van der Waals surface area contributed by atoms with E-state index < -0.39 is 78.6 Å². The molecular formula is C20H34N4O9. The number of hydrogen-bond acceptors (Lipinski definition) is 7. The molecule has 188 valence electrons. The van der Waals surface area contributed by atoms with Crippen LogP contribution in [0, 0.1) is 11.8 Å². The Hall–Kier alpha value is -3.22. The maximum absolute atomic E-state index is 12.8. The van der Waals surface area contributed by atoms with Gasteiger partial charge in [0.1, 0.15) is 18.1 Å². The Morgan fingerprint density at radius 3 is 1.76 bits per heavy atom. The summed E-state index contributed by atoms with van der Waals surface area (Å²) in [6.07, 6.45) is -1.07. The van der Waals surface area contributed by atoms with Crippen molar-refractivity contribution in [1.82, 2.24) is 16.0 Å². The second kappa shape index (κ2) is 14.0. The van der Waals surface area contributed by atoms with Crippen LogP contribution in [0.15, 0.2) is 0 Å². The molecule has 3 amide bonds. The van der Waals surface area contributed by atoms with Crippen LogP contribution in [0.25, 0.3) is 0 Å². The molecule has 0 aromatic carbocycles. The predicted octanol–water partition coefficient (Wildman–Crippen LogP) is -1.11. The van der Waals surface area contributed by atoms with Crippen LogP contribution in [0.2, 0.25) is 0 Å². The Balaban J connectivity index is 5.54. The molecular weight excluding hydrogens is 440 g/mol. The highest BCUT2D eigenvalue weighted by atomic mass is 16.4. The van der Waals surface area contributed by atoms with Crippen LogP contribution < -0.4 is 21.7 Å². The standard InChI is InChI=1S/C20H34N4O9/c1-5-10(4)16(20(32)33)24-19(31)15(9(2)3)23-18(30)12(6-7-13(25)26)22-17(29)11(21)8-14(27)28/h9-12,15-16H,5-8,21H2,1-4H3,(H,22,29)(H,23,30)(H,24,31)(H,25,26)(H,27,28)(H,32,33)/t10-,11-,12-,15-,16-/m0/s1. The van der Waals surface area contributed by atoms with E-state index >= 15 is 0 Å². The van der Waals surface area contributed by atoms with Crippen molar-refractivity contribution in [3.8, 4) is 0 Å². The number of carbonyl (C=O) groups is 6. The van der Waals surface area contributed by atoms with Gasteiger partial charge in [0.15, 0.2) is 0 Å². The minimum Gasteiger partial charge on any atom is -0.481 e. The lowest BCUT2D eigenvalue weighted by Gasteiger charge is -2.28. The highest BCUT2D eigenvalue weighted by Crippen LogP contribution is 2.11. The molecule has 5 atom stereocenters. The zero-order valence-electron chi connectivity index (χ0n) is 19.2. The summed E-state index contributed by atoms with van der Waals surface area (Å²) < 4.78 is 0. The van der Waals surface area contributed by atoms with Crippen LogP contribution in [-0.2, 0) is 28.8 Å². The Labute approximate surface area is 191 Å². The average Bonchev–Trinajstić information content (AvgIpc) is 2.70. The summed E-state index contributed by atoms with van der Waals surface area (Å²) in [6.45, 7) is 6.63. The van der Waals surface area contributed by atoms with Gasteiger partial charge in [-0.25, -0.2) is 4.79 Å². The van der Waals surface area contributed by atoms with Gasteiger partial charge in [0.2, 0.25) is 17.7 Å². The summed E-state index contributed by atoms with van der Waals surface area (Å²) >= 11 is 0. The fraction of sp³-hybridized carbons (Fsp3) is 0.700. The minimum absolute atomic E-state index is 0.343. The highest BCUT2D eigenvalue weighted by molar-refractivity contribution is 5.95. The van der Waals surface area contributed by atoms with Crippen LogP contribution in [0.5, 0.6) is 0 Å². The number of amides is 3. The third-order valence-electron chi connectivity index (χ3n) is 5.03. The minimum atomic E-state index is -1.47. The predicted molar refractivity (Wildman–Crippen MR) is 115 cm³/mol. The van der Waals surface area contributed by atoms with Crippen molar-refractivity contribution in [2.24, 2.45) is 17.6 Å². The van der Waals surface area contributed by atoms with Gasteiger partial charge in [0.25, 0.3) is 0 Å². The summed E-state index contributed by atoms with van der Waals surface area (Å²) in [6, 6.07) is -5.25. The molecule has 0 aliphatic heterocycles. The molecule has 0 spiro atoms. The van der Waals surface area contributed by atoms with Crippen molar-refractivity contribution in [1.29, 1.82) is 0 Å². The molecule has 0 bridgehead atoms. The fourth-order valence-corrected chi connectivity index (χ4v) is 2.81. The van der Waals surface area contributed by atoms with Crippen molar-refractivity contribution >= 4 is 35.6 Å². The second-order valence-electron chi connectivity index (χ2n) is 8.14. The van der Waals surface area contributed by atoms with E-state index in [-0.39, 0.29) is 12.3 Å². The number of hydrogen-bond donors (Lipinski definition) is 7. The number of aliphatic carboxylic acids is 3. The molecule has 13 heteroatoms. The highest BCUT2D eigenvalue weighted by Gasteiger charge is 2.33. The first-order valence-corrected chi connectivity index (χ1v) is 10.5. The van der Waals surface area contributed by atoms with Gasteiger partial charge in [0.05, 0.1) is 12.5 Å². The number of rotatable bonds is 15. The van der Waals surface area contributed by atoms with Crippen LogP contribution in [-0.4, -0.2) is 75.1 Å². The number of carbonyl (C=O) groups excluding carboxylic acids is 3. The molecule has 0 aliphatic rings. The molecule has 0 rings (SSSR count). The van der Waals surface area contributed by atoms with Crippen molar-refractivity contribution in [3.63, 3.8) is 0 Å². The first-order chi connectivity index (χ1) is 15.2. The van der Waals surface area contributed by atoms with Gasteiger partial charge in [-0.15, -0.1) is 0 Å². The maximum Gasteiger partial charge on any atom is 0.326 e. The summed E-state index contributed by atoms with van der Waals surface area (Å²) in [5.41, 5.74) is 5.48. The molecule has 0 saturated carbocycles. The van der Waals surface area contributed by atoms with E-state index in [1.807, 2.05) is 0 Å². The van der Waals surface area contributed by atoms with Crippen LogP contribution in [0.1, 0.15) is 53.4 Å². The average molecular weight is 475 g/mol. The molecule has 0 radical (unpaired) electrons. The van der Waals surface area contributed by atoms with E-state index in [2.05, 4.69) is 16.0 Å². The normalized spacial score (nSPS) is 15.5. The van der Waals surface area contributed by atoms with Gasteiger partial charge in [-0.1, -0.05) is 34.1 Å². The van der Waals surface area contributed by atoms with Crippen LogP contribution in [0.3, 0.4) is 0 Å². The van der Waals surface area contributed by atoms with Gasteiger partial charge >= 0.3 is 17.9 Å². The van der Waals surface area contributed by atoms with Crippen molar-refractivity contribution in [3.05, 3.63) is 0 Å². The van der Waals surface area contributed by atoms with E-state index in [0.29, 0.717) is 6.42 Å². The van der Waals surface area contributed by atoms with E-state index in [9.17, 15) is 33.9 Å². The molecule has 0 unspecified atom stereocenters. The molecule has 0 heterocycles. The summed E-state index contributed by atoms with van der Waals surface area (Å²) in [5.74, 6) is -7.29. The first kappa shape index (κ1) is 29.8. The lowest BCUT2D eigenvalue weighted by molar-refractivity contribution is -0.144. The zero-order valence-corrected chi connectivity index (χ0v) is 19.2. The van der Waals surface area contributed by atoms with Crippen molar-refractivity contribution < 1.29 is 44.1 Å². The third kappa shape index (κ3) is 10.8. The van der Waals surface area contributed by atoms with E-state index in [0.717, 1.165) is 0 Å². The van der Waals surface area contributed by atoms with Gasteiger partial charge in [0, 0.05) is 6.42 Å². The third-order valence-corrected chi connectivity index (χ3v) is 5.03. The van der Waals surface area contributed by atoms with Crippen molar-refractivity contribution in [2.45, 2.75) is 77.5 Å². The Kier molecular flexibility index (Phi) is 12.7. The Morgan fingerprint density at radius 2 is 1.33 bits per heavy atom. The molecule has 0 aromatic rings. The van der Waals surface area contributed by atoms with E-state index in [1.54, 1.807) is 27.7 Å². The van der Waals surface area contributed by atoms with Gasteiger partial charge in [-0.3, -0.25) is 24.0 Å². The number of nitrogens with two attached hydrogens (primary N) is 1. The molecule has 33 heavy (non-hydrogen) atoms. The molecule has 0 aromatic heterocycles. The van der Waals surface area contributed by atoms with E-state index in [1.165, 1.54) is 0 Å². The lowest BCUT2D eigenvalue weighted by Crippen LogP contribution is -2.59. The Bertz CT molecular complexity index is 741. The molecule has 0 fully saturated rings. The summed E-state index contributed by atoms with van der Waals surface area (Å²) in [5, 5.41) is 34.1. The molecule has 8 N–H and O–H groups in total. The van der Waals surface area contributed by atoms with Gasteiger partial charge < -0.3 is 37.0 Å². The fourth-order valence-electron chi connectivity index (χ4n) is 2.81. The van der Waals surface area contributed by atoms with Gasteiger partial charge in [-0.05, 0) is 18.3 Å².